The molecule has 1 saturated heterocycles. The molecule has 0 unspecified atom stereocenters. The quantitative estimate of drug-likeness (QED) is 0.820. The molecule has 132 valence electrons. The Morgan fingerprint density at radius 2 is 1.85 bits per heavy atom. The van der Waals surface area contributed by atoms with Gasteiger partial charge in [-0.1, -0.05) is 42.5 Å². The summed E-state index contributed by atoms with van der Waals surface area (Å²) in [6.07, 6.45) is 1.65. The number of benzene rings is 2. The van der Waals surface area contributed by atoms with Crippen molar-refractivity contribution < 1.29 is 14.2 Å². The van der Waals surface area contributed by atoms with Crippen molar-refractivity contribution >= 4 is 5.76 Å². The summed E-state index contributed by atoms with van der Waals surface area (Å²) in [5, 5.41) is 9.99. The number of nitrogens with zero attached hydrogens (tertiary/aromatic N) is 1. The summed E-state index contributed by atoms with van der Waals surface area (Å²) in [5.41, 5.74) is 2.68. The molecular weight excluding hydrogens is 326 g/mol. The molecule has 3 atom stereocenters. The molecule has 2 heterocycles. The Hall–Kier alpha value is -2.77. The lowest BCUT2D eigenvalue weighted by molar-refractivity contribution is -0.166. The average Bonchev–Trinajstić information content (AvgIpc) is 2.73. The average molecular weight is 347 g/mol. The Kier molecular flexibility index (Phi) is 4.64. The Balaban J connectivity index is 1.84. The third-order valence-corrected chi connectivity index (χ3v) is 5.16. The molecule has 0 N–H and O–H groups in total. The van der Waals surface area contributed by atoms with Crippen molar-refractivity contribution in [1.29, 1.82) is 5.26 Å². The first-order chi connectivity index (χ1) is 12.8. The molecule has 0 aliphatic carbocycles. The van der Waals surface area contributed by atoms with Crippen LogP contribution in [0.1, 0.15) is 29.9 Å². The molecule has 0 saturated carbocycles. The van der Waals surface area contributed by atoms with Gasteiger partial charge in [0.1, 0.15) is 11.5 Å². The molecule has 0 amide bonds. The minimum Gasteiger partial charge on any atom is -0.497 e. The van der Waals surface area contributed by atoms with E-state index in [4.69, 9.17) is 14.2 Å². The fourth-order valence-electron chi connectivity index (χ4n) is 3.92. The smallest absolute Gasteiger partial charge is 0.203 e. The van der Waals surface area contributed by atoms with Crippen molar-refractivity contribution in [2.45, 2.75) is 25.0 Å². The standard InChI is InChI=1S/C22H21NO3/c1-24-17-11-9-15(10-12-17)20-18-8-5-13-25-22(18)26-21(19(20)14-23)16-6-3-2-4-7-16/h2-4,6-7,9-12,18,20,22H,5,8,13H2,1H3/t18-,20-,22+/m0/s1. The van der Waals surface area contributed by atoms with Gasteiger partial charge in [-0.05, 0) is 30.5 Å². The van der Waals surface area contributed by atoms with Crippen LogP contribution in [0.5, 0.6) is 5.75 Å². The second-order valence-corrected chi connectivity index (χ2v) is 6.63. The van der Waals surface area contributed by atoms with Gasteiger partial charge in [0.05, 0.1) is 25.4 Å². The number of rotatable bonds is 3. The van der Waals surface area contributed by atoms with Crippen molar-refractivity contribution in [2.75, 3.05) is 13.7 Å². The predicted octanol–water partition coefficient (Wildman–Crippen LogP) is 4.50. The van der Waals surface area contributed by atoms with Crippen LogP contribution >= 0.6 is 0 Å². The topological polar surface area (TPSA) is 51.5 Å². The van der Waals surface area contributed by atoms with E-state index in [1.165, 1.54) is 0 Å². The first kappa shape index (κ1) is 16.7. The molecule has 26 heavy (non-hydrogen) atoms. The van der Waals surface area contributed by atoms with Crippen molar-refractivity contribution in [2.24, 2.45) is 5.92 Å². The molecule has 0 bridgehead atoms. The summed E-state index contributed by atoms with van der Waals surface area (Å²) in [4.78, 5) is 0. The van der Waals surface area contributed by atoms with Crippen LogP contribution in [0.4, 0.5) is 0 Å². The first-order valence-corrected chi connectivity index (χ1v) is 8.93. The first-order valence-electron chi connectivity index (χ1n) is 8.93. The molecular formula is C22H21NO3. The zero-order valence-corrected chi connectivity index (χ0v) is 14.7. The van der Waals surface area contributed by atoms with Crippen LogP contribution in [-0.4, -0.2) is 20.0 Å². The van der Waals surface area contributed by atoms with Gasteiger partial charge in [0.25, 0.3) is 0 Å². The minimum absolute atomic E-state index is 0.0415. The van der Waals surface area contributed by atoms with Gasteiger partial charge in [0.2, 0.25) is 6.29 Å². The van der Waals surface area contributed by atoms with E-state index in [0.717, 1.165) is 29.7 Å². The molecule has 2 aliphatic heterocycles. The van der Waals surface area contributed by atoms with Crippen LogP contribution in [0, 0.1) is 17.2 Å². The van der Waals surface area contributed by atoms with Crippen molar-refractivity contribution in [3.05, 3.63) is 71.3 Å². The highest BCUT2D eigenvalue weighted by molar-refractivity contribution is 5.70. The van der Waals surface area contributed by atoms with Gasteiger partial charge < -0.3 is 14.2 Å². The highest BCUT2D eigenvalue weighted by Gasteiger charge is 2.43. The monoisotopic (exact) mass is 347 g/mol. The number of hydrogen-bond acceptors (Lipinski definition) is 4. The fourth-order valence-corrected chi connectivity index (χ4v) is 3.92. The van der Waals surface area contributed by atoms with Crippen LogP contribution in [0.25, 0.3) is 5.76 Å². The van der Waals surface area contributed by atoms with E-state index in [0.29, 0.717) is 17.9 Å². The Labute approximate surface area is 153 Å². The third kappa shape index (κ3) is 2.95. The van der Waals surface area contributed by atoms with E-state index in [-0.39, 0.29) is 18.1 Å². The summed E-state index contributed by atoms with van der Waals surface area (Å²) in [6, 6.07) is 20.2. The normalized spacial score (nSPS) is 25.0. The van der Waals surface area contributed by atoms with Gasteiger partial charge in [-0.25, -0.2) is 0 Å². The molecule has 2 aliphatic rings. The van der Waals surface area contributed by atoms with E-state index >= 15 is 0 Å². The maximum atomic E-state index is 9.99. The van der Waals surface area contributed by atoms with Crippen molar-refractivity contribution in [3.63, 3.8) is 0 Å². The highest BCUT2D eigenvalue weighted by Crippen LogP contribution is 2.47. The molecule has 4 heteroatoms. The summed E-state index contributed by atoms with van der Waals surface area (Å²) in [6.45, 7) is 0.695. The van der Waals surface area contributed by atoms with E-state index in [2.05, 4.69) is 6.07 Å². The number of fused-ring (bicyclic) bond motifs is 1. The largest absolute Gasteiger partial charge is 0.497 e. The van der Waals surface area contributed by atoms with Crippen molar-refractivity contribution in [3.8, 4) is 11.8 Å². The molecule has 4 nitrogen and oxygen atoms in total. The lowest BCUT2D eigenvalue weighted by Crippen LogP contribution is -2.39. The molecule has 2 aromatic carbocycles. The van der Waals surface area contributed by atoms with Crippen LogP contribution in [0.3, 0.4) is 0 Å². The van der Waals surface area contributed by atoms with Crippen LogP contribution in [0.15, 0.2) is 60.2 Å². The third-order valence-electron chi connectivity index (χ3n) is 5.16. The summed E-state index contributed by atoms with van der Waals surface area (Å²) < 4.78 is 17.4. The zero-order chi connectivity index (χ0) is 17.9. The lowest BCUT2D eigenvalue weighted by atomic mass is 9.75. The number of allylic oxidation sites excluding steroid dienone is 1. The number of hydrogen-bond donors (Lipinski definition) is 0. The predicted molar refractivity (Wildman–Crippen MR) is 98.3 cm³/mol. The molecule has 0 radical (unpaired) electrons. The van der Waals surface area contributed by atoms with Gasteiger partial charge in [0, 0.05) is 17.4 Å². The van der Waals surface area contributed by atoms with E-state index in [1.54, 1.807) is 7.11 Å². The Bertz CT molecular complexity index is 836. The number of ether oxygens (including phenoxy) is 3. The van der Waals surface area contributed by atoms with Gasteiger partial charge in [-0.15, -0.1) is 0 Å². The number of nitriles is 1. The second-order valence-electron chi connectivity index (χ2n) is 6.63. The summed E-state index contributed by atoms with van der Waals surface area (Å²) in [5.74, 6) is 1.54. The van der Waals surface area contributed by atoms with Crippen LogP contribution < -0.4 is 4.74 Å². The zero-order valence-electron chi connectivity index (χ0n) is 14.7. The van der Waals surface area contributed by atoms with Crippen molar-refractivity contribution in [1.82, 2.24) is 0 Å². The van der Waals surface area contributed by atoms with Crippen LogP contribution in [0.2, 0.25) is 0 Å². The van der Waals surface area contributed by atoms with Crippen LogP contribution in [-0.2, 0) is 9.47 Å². The molecule has 1 fully saturated rings. The van der Waals surface area contributed by atoms with Gasteiger partial charge in [0.15, 0.2) is 0 Å². The fraction of sp³-hybridized carbons (Fsp3) is 0.318. The molecule has 0 spiro atoms. The summed E-state index contributed by atoms with van der Waals surface area (Å²) >= 11 is 0. The lowest BCUT2D eigenvalue weighted by Gasteiger charge is -2.41. The maximum absolute atomic E-state index is 9.99. The Morgan fingerprint density at radius 1 is 1.08 bits per heavy atom. The Morgan fingerprint density at radius 3 is 2.54 bits per heavy atom. The van der Waals surface area contributed by atoms with Gasteiger partial charge in [-0.3, -0.25) is 0 Å². The SMILES string of the molecule is COc1ccc([C@@H]2C(C#N)=C(c3ccccc3)O[C@H]3OCCC[C@H]32)cc1. The maximum Gasteiger partial charge on any atom is 0.203 e. The molecule has 2 aromatic rings. The molecule has 0 aromatic heterocycles. The van der Waals surface area contributed by atoms with Gasteiger partial charge in [-0.2, -0.15) is 5.26 Å². The highest BCUT2D eigenvalue weighted by atomic mass is 16.7. The minimum atomic E-state index is -0.317. The van der Waals surface area contributed by atoms with E-state index in [9.17, 15) is 5.26 Å². The second kappa shape index (κ2) is 7.23. The number of methoxy groups -OCH3 is 1. The van der Waals surface area contributed by atoms with E-state index < -0.39 is 0 Å². The molecule has 4 rings (SSSR count). The van der Waals surface area contributed by atoms with Gasteiger partial charge >= 0.3 is 0 Å². The van der Waals surface area contributed by atoms with E-state index in [1.807, 2.05) is 54.6 Å². The summed E-state index contributed by atoms with van der Waals surface area (Å²) in [7, 11) is 1.66.